The molecule has 0 saturated carbocycles. The first kappa shape index (κ1) is 14.5. The van der Waals surface area contributed by atoms with Gasteiger partial charge in [-0.3, -0.25) is 4.79 Å². The summed E-state index contributed by atoms with van der Waals surface area (Å²) in [6.07, 6.45) is 3.22. The van der Waals surface area contributed by atoms with Crippen molar-refractivity contribution in [1.29, 1.82) is 0 Å². The Bertz CT molecular complexity index is 516. The van der Waals surface area contributed by atoms with Crippen molar-refractivity contribution in [2.24, 2.45) is 5.92 Å². The van der Waals surface area contributed by atoms with E-state index in [0.717, 1.165) is 19.3 Å². The Morgan fingerprint density at radius 3 is 2.65 bits per heavy atom. The van der Waals surface area contributed by atoms with Crippen LogP contribution in [0.2, 0.25) is 0 Å². The number of hydrogen-bond donors (Lipinski definition) is 1. The topological polar surface area (TPSA) is 70.5 Å². The van der Waals surface area contributed by atoms with Gasteiger partial charge in [-0.2, -0.15) is 0 Å². The Kier molecular flexibility index (Phi) is 4.37. The maximum atomic E-state index is 12.6. The zero-order valence-electron chi connectivity index (χ0n) is 11.9. The van der Waals surface area contributed by atoms with Gasteiger partial charge in [-0.25, -0.2) is 9.78 Å². The van der Waals surface area contributed by atoms with E-state index in [9.17, 15) is 9.59 Å². The van der Waals surface area contributed by atoms with E-state index in [2.05, 4.69) is 11.9 Å². The molecule has 1 aromatic heterocycles. The van der Waals surface area contributed by atoms with Crippen LogP contribution in [0.15, 0.2) is 18.2 Å². The van der Waals surface area contributed by atoms with Crippen LogP contribution in [0.1, 0.15) is 54.1 Å². The van der Waals surface area contributed by atoms with Crippen molar-refractivity contribution >= 4 is 11.9 Å². The largest absolute Gasteiger partial charge is 0.477 e. The summed E-state index contributed by atoms with van der Waals surface area (Å²) in [5, 5.41) is 8.95. The molecular formula is C15H20N2O3. The molecule has 1 aliphatic heterocycles. The lowest BCUT2D eigenvalue weighted by Gasteiger charge is -2.28. The number of likely N-dealkylation sites (tertiary alicyclic amines) is 1. The summed E-state index contributed by atoms with van der Waals surface area (Å²) < 4.78 is 0. The molecule has 0 spiro atoms. The minimum Gasteiger partial charge on any atom is -0.477 e. The number of nitrogens with zero attached hydrogens (tertiary/aromatic N) is 2. The molecule has 1 amide bonds. The van der Waals surface area contributed by atoms with Crippen LogP contribution in [0.4, 0.5) is 0 Å². The second-order valence-electron chi connectivity index (χ2n) is 5.56. The second kappa shape index (κ2) is 6.03. The number of carboxylic acid groups (broad SMARTS) is 1. The van der Waals surface area contributed by atoms with Crippen molar-refractivity contribution in [2.75, 3.05) is 6.54 Å². The van der Waals surface area contributed by atoms with Gasteiger partial charge in [0.2, 0.25) is 0 Å². The first-order chi connectivity index (χ1) is 9.49. The van der Waals surface area contributed by atoms with Gasteiger partial charge in [-0.15, -0.1) is 0 Å². The highest BCUT2D eigenvalue weighted by Crippen LogP contribution is 2.22. The number of amides is 1. The quantitative estimate of drug-likeness (QED) is 0.900. The lowest BCUT2D eigenvalue weighted by molar-refractivity contribution is 0.0669. The fraction of sp³-hybridized carbons (Fsp3) is 0.533. The fourth-order valence-corrected chi connectivity index (χ4v) is 2.63. The second-order valence-corrected chi connectivity index (χ2v) is 5.56. The fourth-order valence-electron chi connectivity index (χ4n) is 2.63. The molecule has 2 atom stereocenters. The molecule has 1 N–H and O–H groups in total. The minimum atomic E-state index is -1.11. The maximum Gasteiger partial charge on any atom is 0.354 e. The van der Waals surface area contributed by atoms with Crippen molar-refractivity contribution in [3.63, 3.8) is 0 Å². The van der Waals surface area contributed by atoms with Crippen LogP contribution in [0.25, 0.3) is 0 Å². The number of rotatable bonds is 2. The van der Waals surface area contributed by atoms with Gasteiger partial charge in [0, 0.05) is 12.6 Å². The van der Waals surface area contributed by atoms with E-state index in [1.807, 2.05) is 11.8 Å². The van der Waals surface area contributed by atoms with E-state index in [1.54, 1.807) is 12.1 Å². The monoisotopic (exact) mass is 276 g/mol. The average molecular weight is 276 g/mol. The highest BCUT2D eigenvalue weighted by molar-refractivity contribution is 5.94. The van der Waals surface area contributed by atoms with Crippen LogP contribution in [-0.2, 0) is 0 Å². The molecule has 108 valence electrons. The summed E-state index contributed by atoms with van der Waals surface area (Å²) in [6, 6.07) is 4.71. The van der Waals surface area contributed by atoms with Crippen LogP contribution in [-0.4, -0.2) is 39.5 Å². The summed E-state index contributed by atoms with van der Waals surface area (Å²) in [7, 11) is 0. The van der Waals surface area contributed by atoms with Crippen LogP contribution in [0, 0.1) is 5.92 Å². The SMILES string of the molecule is CC1CCCC(C)N(C(=O)c2cccc(C(=O)O)n2)C1. The lowest BCUT2D eigenvalue weighted by atomic mass is 10.1. The first-order valence-corrected chi connectivity index (χ1v) is 7.00. The van der Waals surface area contributed by atoms with Gasteiger partial charge in [-0.05, 0) is 37.8 Å². The summed E-state index contributed by atoms with van der Waals surface area (Å²) in [6.45, 7) is 4.88. The summed E-state index contributed by atoms with van der Waals surface area (Å²) in [5.41, 5.74) is 0.122. The minimum absolute atomic E-state index is 0.0913. The number of carbonyl (C=O) groups is 2. The zero-order valence-corrected chi connectivity index (χ0v) is 11.9. The average Bonchev–Trinajstić information content (AvgIpc) is 2.59. The molecule has 2 heterocycles. The molecule has 0 aliphatic carbocycles. The van der Waals surface area contributed by atoms with Crippen molar-refractivity contribution in [3.8, 4) is 0 Å². The van der Waals surface area contributed by atoms with Crippen molar-refractivity contribution in [1.82, 2.24) is 9.88 Å². The summed E-state index contributed by atoms with van der Waals surface area (Å²) >= 11 is 0. The van der Waals surface area contributed by atoms with Gasteiger partial charge in [0.15, 0.2) is 0 Å². The molecule has 0 bridgehead atoms. The molecule has 2 unspecified atom stereocenters. The Labute approximate surface area is 118 Å². The highest BCUT2D eigenvalue weighted by atomic mass is 16.4. The molecule has 20 heavy (non-hydrogen) atoms. The smallest absolute Gasteiger partial charge is 0.354 e. The van der Waals surface area contributed by atoms with Crippen molar-refractivity contribution in [2.45, 2.75) is 39.2 Å². The molecule has 2 rings (SSSR count). The Balaban J connectivity index is 2.24. The Hall–Kier alpha value is -1.91. The van der Waals surface area contributed by atoms with Crippen LogP contribution in [0.3, 0.4) is 0 Å². The Morgan fingerprint density at radius 2 is 1.95 bits per heavy atom. The first-order valence-electron chi connectivity index (χ1n) is 7.00. The molecule has 5 heteroatoms. The number of pyridine rings is 1. The van der Waals surface area contributed by atoms with E-state index in [4.69, 9.17) is 5.11 Å². The maximum absolute atomic E-state index is 12.6. The third kappa shape index (κ3) is 3.15. The van der Waals surface area contributed by atoms with Gasteiger partial charge < -0.3 is 10.0 Å². The van der Waals surface area contributed by atoms with Crippen LogP contribution < -0.4 is 0 Å². The Morgan fingerprint density at radius 1 is 1.25 bits per heavy atom. The van der Waals surface area contributed by atoms with Gasteiger partial charge in [-0.1, -0.05) is 19.4 Å². The molecule has 1 aliphatic rings. The molecule has 1 fully saturated rings. The third-order valence-corrected chi connectivity index (χ3v) is 3.81. The standard InChI is InChI=1S/C15H20N2O3/c1-10-5-3-6-11(2)17(9-10)14(18)12-7-4-8-13(16-12)15(19)20/h4,7-8,10-11H,3,5-6,9H2,1-2H3,(H,19,20). The number of carbonyl (C=O) groups excluding carboxylic acids is 1. The normalized spacial score (nSPS) is 23.2. The van der Waals surface area contributed by atoms with E-state index in [1.165, 1.54) is 6.07 Å². The number of hydrogen-bond acceptors (Lipinski definition) is 3. The van der Waals surface area contributed by atoms with E-state index in [-0.39, 0.29) is 23.3 Å². The van der Waals surface area contributed by atoms with Crippen molar-refractivity contribution in [3.05, 3.63) is 29.6 Å². The van der Waals surface area contributed by atoms with E-state index in [0.29, 0.717) is 12.5 Å². The summed E-state index contributed by atoms with van der Waals surface area (Å²) in [5.74, 6) is -0.821. The molecule has 0 radical (unpaired) electrons. The molecule has 1 saturated heterocycles. The molecule has 5 nitrogen and oxygen atoms in total. The third-order valence-electron chi connectivity index (χ3n) is 3.81. The van der Waals surface area contributed by atoms with Crippen LogP contribution >= 0.6 is 0 Å². The number of aromatic carboxylic acids is 1. The molecule has 0 aromatic carbocycles. The summed E-state index contributed by atoms with van der Waals surface area (Å²) in [4.78, 5) is 29.3. The van der Waals surface area contributed by atoms with Gasteiger partial charge in [0.1, 0.15) is 11.4 Å². The predicted molar refractivity (Wildman–Crippen MR) is 74.7 cm³/mol. The number of carboxylic acids is 1. The van der Waals surface area contributed by atoms with Gasteiger partial charge >= 0.3 is 5.97 Å². The zero-order chi connectivity index (χ0) is 14.7. The van der Waals surface area contributed by atoms with Gasteiger partial charge in [0.25, 0.3) is 5.91 Å². The highest BCUT2D eigenvalue weighted by Gasteiger charge is 2.27. The molecule has 1 aromatic rings. The molecular weight excluding hydrogens is 256 g/mol. The van der Waals surface area contributed by atoms with E-state index >= 15 is 0 Å². The van der Waals surface area contributed by atoms with Crippen LogP contribution in [0.5, 0.6) is 0 Å². The number of aromatic nitrogens is 1. The van der Waals surface area contributed by atoms with Gasteiger partial charge in [0.05, 0.1) is 0 Å². The predicted octanol–water partition coefficient (Wildman–Crippen LogP) is 2.43. The van der Waals surface area contributed by atoms with E-state index < -0.39 is 5.97 Å². The van der Waals surface area contributed by atoms with Crippen molar-refractivity contribution < 1.29 is 14.7 Å². The lowest BCUT2D eigenvalue weighted by Crippen LogP contribution is -2.40.